The first-order valence-corrected chi connectivity index (χ1v) is 4.86. The van der Waals surface area contributed by atoms with Crippen LogP contribution >= 0.6 is 0 Å². The Morgan fingerprint density at radius 3 is 1.33 bits per heavy atom. The molecule has 0 saturated carbocycles. The maximum Gasteiger partial charge on any atom is 0.146 e. The van der Waals surface area contributed by atoms with Crippen molar-refractivity contribution in [1.29, 1.82) is 0 Å². The molecule has 12 heavy (non-hydrogen) atoms. The van der Waals surface area contributed by atoms with E-state index in [1.807, 2.05) is 27.7 Å². The minimum Gasteiger partial charge on any atom is -0.355 e. The highest BCUT2D eigenvalue weighted by Crippen LogP contribution is 2.18. The molecule has 1 rings (SSSR count). The Balaban J connectivity index is 0. The second-order valence-corrected chi connectivity index (χ2v) is 2.98. The molecule has 0 bridgehead atoms. The highest BCUT2D eigenvalue weighted by atomic mass is 16.7. The van der Waals surface area contributed by atoms with Gasteiger partial charge in [-0.3, -0.25) is 0 Å². The van der Waals surface area contributed by atoms with Crippen LogP contribution in [0.1, 0.15) is 41.5 Å². The summed E-state index contributed by atoms with van der Waals surface area (Å²) in [5.74, 6) is 0. The molecule has 1 fully saturated rings. The Morgan fingerprint density at radius 2 is 1.17 bits per heavy atom. The van der Waals surface area contributed by atoms with Gasteiger partial charge in [-0.1, -0.05) is 41.5 Å². The zero-order chi connectivity index (χ0) is 10.0. The lowest BCUT2D eigenvalue weighted by Crippen LogP contribution is -2.31. The summed E-state index contributed by atoms with van der Waals surface area (Å²) in [6.07, 6.45) is 0. The standard InChI is InChI=1S/C6H12O2.2C2H6/c1-6(2)3-7-5-8-4-6;2*1-2/h3-5H2,1-2H3;2*1-2H3. The average Bonchev–Trinajstić information content (AvgIpc) is 2.11. The average molecular weight is 176 g/mol. The molecular formula is C10H24O2. The molecule has 0 atom stereocenters. The van der Waals surface area contributed by atoms with Gasteiger partial charge < -0.3 is 9.47 Å². The predicted octanol–water partition coefficient (Wildman–Crippen LogP) is 3.07. The zero-order valence-electron chi connectivity index (χ0n) is 9.44. The van der Waals surface area contributed by atoms with E-state index in [1.54, 1.807) is 0 Å². The topological polar surface area (TPSA) is 18.5 Å². The van der Waals surface area contributed by atoms with Crippen molar-refractivity contribution < 1.29 is 9.47 Å². The molecule has 1 heterocycles. The van der Waals surface area contributed by atoms with Crippen molar-refractivity contribution >= 4 is 0 Å². The van der Waals surface area contributed by atoms with E-state index < -0.39 is 0 Å². The molecule has 0 amide bonds. The first-order valence-electron chi connectivity index (χ1n) is 4.86. The van der Waals surface area contributed by atoms with Gasteiger partial charge >= 0.3 is 0 Å². The van der Waals surface area contributed by atoms with Crippen molar-refractivity contribution in [3.63, 3.8) is 0 Å². The van der Waals surface area contributed by atoms with Gasteiger partial charge in [0.15, 0.2) is 0 Å². The molecule has 0 spiro atoms. The summed E-state index contributed by atoms with van der Waals surface area (Å²) in [6, 6.07) is 0. The van der Waals surface area contributed by atoms with Crippen LogP contribution in [-0.2, 0) is 9.47 Å². The van der Waals surface area contributed by atoms with Crippen LogP contribution in [0.4, 0.5) is 0 Å². The van der Waals surface area contributed by atoms with Crippen molar-refractivity contribution in [3.8, 4) is 0 Å². The molecule has 1 saturated heterocycles. The summed E-state index contributed by atoms with van der Waals surface area (Å²) >= 11 is 0. The number of hydrogen-bond acceptors (Lipinski definition) is 2. The number of hydrogen-bond donors (Lipinski definition) is 0. The molecule has 0 aromatic carbocycles. The van der Waals surface area contributed by atoms with E-state index in [4.69, 9.17) is 9.47 Å². The number of rotatable bonds is 0. The SMILES string of the molecule is CC.CC.CC1(C)COCOC1. The minimum atomic E-state index is 0.234. The third-order valence-corrected chi connectivity index (χ3v) is 1.15. The molecule has 0 aromatic rings. The van der Waals surface area contributed by atoms with Crippen LogP contribution in [0.2, 0.25) is 0 Å². The Morgan fingerprint density at radius 1 is 0.833 bits per heavy atom. The highest BCUT2D eigenvalue weighted by molar-refractivity contribution is 4.67. The highest BCUT2D eigenvalue weighted by Gasteiger charge is 2.21. The van der Waals surface area contributed by atoms with E-state index in [1.165, 1.54) is 0 Å². The second-order valence-electron chi connectivity index (χ2n) is 2.98. The zero-order valence-corrected chi connectivity index (χ0v) is 9.44. The van der Waals surface area contributed by atoms with Gasteiger partial charge in [0.1, 0.15) is 6.79 Å². The van der Waals surface area contributed by atoms with E-state index in [0.717, 1.165) is 13.2 Å². The van der Waals surface area contributed by atoms with Crippen molar-refractivity contribution in [2.24, 2.45) is 5.41 Å². The molecule has 1 aliphatic rings. The molecule has 2 heteroatoms. The molecule has 0 N–H and O–H groups in total. The van der Waals surface area contributed by atoms with Gasteiger partial charge in [0.25, 0.3) is 0 Å². The third-order valence-electron chi connectivity index (χ3n) is 1.15. The summed E-state index contributed by atoms with van der Waals surface area (Å²) in [7, 11) is 0. The Labute approximate surface area is 77.3 Å². The van der Waals surface area contributed by atoms with Gasteiger partial charge in [-0.25, -0.2) is 0 Å². The smallest absolute Gasteiger partial charge is 0.146 e. The first kappa shape index (κ1) is 14.4. The van der Waals surface area contributed by atoms with Crippen molar-refractivity contribution in [2.45, 2.75) is 41.5 Å². The lowest BCUT2D eigenvalue weighted by molar-refractivity contribution is -0.153. The maximum atomic E-state index is 5.06. The van der Waals surface area contributed by atoms with Crippen molar-refractivity contribution in [2.75, 3.05) is 20.0 Å². The Kier molecular flexibility index (Phi) is 10.8. The lowest BCUT2D eigenvalue weighted by atomic mass is 9.96. The normalized spacial score (nSPS) is 19.5. The van der Waals surface area contributed by atoms with Crippen LogP contribution in [0.25, 0.3) is 0 Å². The molecule has 0 radical (unpaired) electrons. The van der Waals surface area contributed by atoms with Gasteiger partial charge in [0.05, 0.1) is 13.2 Å². The van der Waals surface area contributed by atoms with Crippen LogP contribution in [0, 0.1) is 5.41 Å². The summed E-state index contributed by atoms with van der Waals surface area (Å²) in [6.45, 7) is 14.4. The summed E-state index contributed by atoms with van der Waals surface area (Å²) in [5.41, 5.74) is 0.234. The quantitative estimate of drug-likeness (QED) is 0.564. The van der Waals surface area contributed by atoms with E-state index in [2.05, 4.69) is 13.8 Å². The van der Waals surface area contributed by atoms with Crippen molar-refractivity contribution in [1.82, 2.24) is 0 Å². The van der Waals surface area contributed by atoms with E-state index in [9.17, 15) is 0 Å². The van der Waals surface area contributed by atoms with Crippen LogP contribution in [0.5, 0.6) is 0 Å². The monoisotopic (exact) mass is 176 g/mol. The van der Waals surface area contributed by atoms with Crippen LogP contribution < -0.4 is 0 Å². The third kappa shape index (κ3) is 8.02. The summed E-state index contributed by atoms with van der Waals surface area (Å²) < 4.78 is 10.1. The molecule has 2 nitrogen and oxygen atoms in total. The molecule has 0 aromatic heterocycles. The maximum absolute atomic E-state index is 5.06. The molecule has 0 aliphatic carbocycles. The number of ether oxygens (including phenoxy) is 2. The largest absolute Gasteiger partial charge is 0.355 e. The van der Waals surface area contributed by atoms with Gasteiger partial charge in [-0.05, 0) is 0 Å². The lowest BCUT2D eigenvalue weighted by Gasteiger charge is -2.28. The first-order chi connectivity index (χ1) is 5.71. The Hall–Kier alpha value is -0.0800. The van der Waals surface area contributed by atoms with Gasteiger partial charge in [0.2, 0.25) is 0 Å². The Bertz CT molecular complexity index is 71.9. The van der Waals surface area contributed by atoms with E-state index in [0.29, 0.717) is 6.79 Å². The van der Waals surface area contributed by atoms with E-state index in [-0.39, 0.29) is 5.41 Å². The van der Waals surface area contributed by atoms with E-state index >= 15 is 0 Å². The van der Waals surface area contributed by atoms with Gasteiger partial charge in [-0.15, -0.1) is 0 Å². The second kappa shape index (κ2) is 9.01. The van der Waals surface area contributed by atoms with Gasteiger partial charge in [0, 0.05) is 5.41 Å². The van der Waals surface area contributed by atoms with Crippen molar-refractivity contribution in [3.05, 3.63) is 0 Å². The van der Waals surface area contributed by atoms with Crippen LogP contribution in [-0.4, -0.2) is 20.0 Å². The molecule has 76 valence electrons. The summed E-state index contributed by atoms with van der Waals surface area (Å²) in [5, 5.41) is 0. The van der Waals surface area contributed by atoms with Crippen LogP contribution in [0.15, 0.2) is 0 Å². The summed E-state index contributed by atoms with van der Waals surface area (Å²) in [4.78, 5) is 0. The van der Waals surface area contributed by atoms with Gasteiger partial charge in [-0.2, -0.15) is 0 Å². The van der Waals surface area contributed by atoms with Crippen LogP contribution in [0.3, 0.4) is 0 Å². The fraction of sp³-hybridized carbons (Fsp3) is 1.00. The fourth-order valence-corrected chi connectivity index (χ4v) is 0.737. The fourth-order valence-electron chi connectivity index (χ4n) is 0.737. The molecular weight excluding hydrogens is 152 g/mol. The molecule has 1 aliphatic heterocycles. The minimum absolute atomic E-state index is 0.234. The predicted molar refractivity (Wildman–Crippen MR) is 53.2 cm³/mol. The molecule has 0 unspecified atom stereocenters.